The fourth-order valence-electron chi connectivity index (χ4n) is 2.34. The first kappa shape index (κ1) is 13.8. The molecule has 1 N–H and O–H groups in total. The summed E-state index contributed by atoms with van der Waals surface area (Å²) in [4.78, 5) is 0. The predicted molar refractivity (Wildman–Crippen MR) is 69.2 cm³/mol. The molecule has 2 nitrogen and oxygen atoms in total. The first-order valence-electron chi connectivity index (χ1n) is 6.41. The van der Waals surface area contributed by atoms with E-state index < -0.39 is 11.9 Å². The molecule has 0 bridgehead atoms. The van der Waals surface area contributed by atoms with Crippen molar-refractivity contribution in [3.63, 3.8) is 0 Å². The van der Waals surface area contributed by atoms with Gasteiger partial charge in [0.05, 0.1) is 12.2 Å². The Morgan fingerprint density at radius 2 is 2.33 bits per heavy atom. The molecule has 0 amide bonds. The van der Waals surface area contributed by atoms with E-state index in [9.17, 15) is 9.50 Å². The quantitative estimate of drug-likeness (QED) is 0.882. The van der Waals surface area contributed by atoms with Crippen LogP contribution in [0, 0.1) is 5.82 Å². The summed E-state index contributed by atoms with van der Waals surface area (Å²) in [6, 6.07) is 4.27. The van der Waals surface area contributed by atoms with Gasteiger partial charge in [0, 0.05) is 17.2 Å². The fourth-order valence-corrected chi connectivity index (χ4v) is 2.52. The van der Waals surface area contributed by atoms with E-state index in [4.69, 9.17) is 16.3 Å². The van der Waals surface area contributed by atoms with Gasteiger partial charge in [-0.15, -0.1) is 0 Å². The van der Waals surface area contributed by atoms with E-state index in [0.717, 1.165) is 32.3 Å². The van der Waals surface area contributed by atoms with Gasteiger partial charge in [-0.1, -0.05) is 11.6 Å². The molecule has 0 radical (unpaired) electrons. The molecule has 0 aliphatic carbocycles. The highest BCUT2D eigenvalue weighted by atomic mass is 35.5. The molecule has 18 heavy (non-hydrogen) atoms. The Hall–Kier alpha value is -0.640. The molecule has 1 fully saturated rings. The Kier molecular flexibility index (Phi) is 4.98. The number of halogens is 2. The van der Waals surface area contributed by atoms with Gasteiger partial charge in [-0.05, 0) is 50.3 Å². The number of hydrogen-bond donors (Lipinski definition) is 1. The van der Waals surface area contributed by atoms with Gasteiger partial charge in [0.1, 0.15) is 5.82 Å². The number of aliphatic hydroxyl groups excluding tert-OH is 1. The summed E-state index contributed by atoms with van der Waals surface area (Å²) in [5.74, 6) is -0.399. The molecular formula is C14H18ClFO2. The van der Waals surface area contributed by atoms with E-state index in [1.165, 1.54) is 18.2 Å². The molecule has 0 aromatic heterocycles. The smallest absolute Gasteiger partial charge is 0.129 e. The van der Waals surface area contributed by atoms with Crippen molar-refractivity contribution in [3.8, 4) is 0 Å². The first-order chi connectivity index (χ1) is 8.66. The van der Waals surface area contributed by atoms with Crippen molar-refractivity contribution < 1.29 is 14.2 Å². The molecule has 0 saturated carbocycles. The van der Waals surface area contributed by atoms with Crippen molar-refractivity contribution in [3.05, 3.63) is 34.6 Å². The maximum absolute atomic E-state index is 13.5. The van der Waals surface area contributed by atoms with E-state index in [1.54, 1.807) is 0 Å². The SMILES string of the molecule is OC(CCCC1CCCO1)c1cc(Cl)ccc1F. The topological polar surface area (TPSA) is 29.5 Å². The van der Waals surface area contributed by atoms with Crippen LogP contribution in [0.1, 0.15) is 43.8 Å². The maximum Gasteiger partial charge on any atom is 0.129 e. The molecule has 1 aliphatic rings. The van der Waals surface area contributed by atoms with Gasteiger partial charge in [-0.25, -0.2) is 4.39 Å². The Morgan fingerprint density at radius 1 is 1.50 bits per heavy atom. The lowest BCUT2D eigenvalue weighted by molar-refractivity contribution is 0.0940. The zero-order chi connectivity index (χ0) is 13.0. The maximum atomic E-state index is 13.5. The van der Waals surface area contributed by atoms with Crippen LogP contribution in [0.15, 0.2) is 18.2 Å². The van der Waals surface area contributed by atoms with Crippen molar-refractivity contribution >= 4 is 11.6 Å². The summed E-state index contributed by atoms with van der Waals surface area (Å²) in [6.45, 7) is 0.843. The third kappa shape index (κ3) is 3.67. The van der Waals surface area contributed by atoms with Gasteiger partial charge in [-0.2, -0.15) is 0 Å². The largest absolute Gasteiger partial charge is 0.388 e. The van der Waals surface area contributed by atoms with Crippen molar-refractivity contribution in [2.75, 3.05) is 6.61 Å². The molecule has 1 heterocycles. The monoisotopic (exact) mass is 272 g/mol. The lowest BCUT2D eigenvalue weighted by Crippen LogP contribution is -2.06. The highest BCUT2D eigenvalue weighted by Crippen LogP contribution is 2.26. The molecular weight excluding hydrogens is 255 g/mol. The number of rotatable bonds is 5. The second kappa shape index (κ2) is 6.50. The zero-order valence-electron chi connectivity index (χ0n) is 10.2. The van der Waals surface area contributed by atoms with E-state index >= 15 is 0 Å². The summed E-state index contributed by atoms with van der Waals surface area (Å²) in [6.07, 6.45) is 4.05. The molecule has 4 heteroatoms. The Bertz CT molecular complexity index is 391. The molecule has 1 aromatic rings. The van der Waals surface area contributed by atoms with E-state index in [-0.39, 0.29) is 5.56 Å². The molecule has 2 atom stereocenters. The van der Waals surface area contributed by atoms with Crippen molar-refractivity contribution in [1.82, 2.24) is 0 Å². The standard InChI is InChI=1S/C14H18ClFO2/c15-10-6-7-13(16)12(9-10)14(17)5-1-3-11-4-2-8-18-11/h6-7,9,11,14,17H,1-5,8H2. The van der Waals surface area contributed by atoms with Crippen LogP contribution in [-0.4, -0.2) is 17.8 Å². The summed E-state index contributed by atoms with van der Waals surface area (Å²) < 4.78 is 19.0. The predicted octanol–water partition coefficient (Wildman–Crippen LogP) is 3.86. The minimum atomic E-state index is -0.787. The molecule has 1 saturated heterocycles. The normalized spacial score (nSPS) is 21.2. The van der Waals surface area contributed by atoms with Crippen molar-refractivity contribution in [1.29, 1.82) is 0 Å². The third-order valence-electron chi connectivity index (χ3n) is 3.34. The number of hydrogen-bond acceptors (Lipinski definition) is 2. The van der Waals surface area contributed by atoms with Gasteiger partial charge >= 0.3 is 0 Å². The summed E-state index contributed by atoms with van der Waals surface area (Å²) in [5, 5.41) is 10.4. The number of aliphatic hydroxyl groups is 1. The van der Waals surface area contributed by atoms with Crippen LogP contribution in [0.2, 0.25) is 5.02 Å². The van der Waals surface area contributed by atoms with Gasteiger partial charge < -0.3 is 9.84 Å². The average molecular weight is 273 g/mol. The van der Waals surface area contributed by atoms with Crippen LogP contribution in [0.25, 0.3) is 0 Å². The van der Waals surface area contributed by atoms with Crippen LogP contribution < -0.4 is 0 Å². The highest BCUT2D eigenvalue weighted by molar-refractivity contribution is 6.30. The summed E-state index contributed by atoms with van der Waals surface area (Å²) in [7, 11) is 0. The lowest BCUT2D eigenvalue weighted by atomic mass is 10.0. The van der Waals surface area contributed by atoms with E-state index in [1.807, 2.05) is 0 Å². The second-order valence-corrected chi connectivity index (χ2v) is 5.18. The minimum Gasteiger partial charge on any atom is -0.388 e. The minimum absolute atomic E-state index is 0.287. The van der Waals surface area contributed by atoms with Crippen LogP contribution in [0.5, 0.6) is 0 Å². The number of benzene rings is 1. The van der Waals surface area contributed by atoms with E-state index in [2.05, 4.69) is 0 Å². The highest BCUT2D eigenvalue weighted by Gasteiger charge is 2.17. The molecule has 0 spiro atoms. The zero-order valence-corrected chi connectivity index (χ0v) is 11.0. The molecule has 1 aromatic carbocycles. The van der Waals surface area contributed by atoms with Gasteiger partial charge in [0.25, 0.3) is 0 Å². The molecule has 1 aliphatic heterocycles. The lowest BCUT2D eigenvalue weighted by Gasteiger charge is -2.14. The fraction of sp³-hybridized carbons (Fsp3) is 0.571. The van der Waals surface area contributed by atoms with Gasteiger partial charge in [0.15, 0.2) is 0 Å². The van der Waals surface area contributed by atoms with E-state index in [0.29, 0.717) is 17.5 Å². The summed E-state index contributed by atoms with van der Waals surface area (Å²) >= 11 is 5.80. The van der Waals surface area contributed by atoms with Crippen LogP contribution in [-0.2, 0) is 4.74 Å². The second-order valence-electron chi connectivity index (χ2n) is 4.75. The Balaban J connectivity index is 1.83. The molecule has 100 valence electrons. The molecule has 2 rings (SSSR count). The summed E-state index contributed by atoms with van der Waals surface area (Å²) in [5.41, 5.74) is 0.287. The van der Waals surface area contributed by atoms with Crippen LogP contribution in [0.3, 0.4) is 0 Å². The van der Waals surface area contributed by atoms with Crippen molar-refractivity contribution in [2.45, 2.75) is 44.3 Å². The van der Waals surface area contributed by atoms with Crippen molar-refractivity contribution in [2.24, 2.45) is 0 Å². The molecule has 2 unspecified atom stereocenters. The van der Waals surface area contributed by atoms with Crippen LogP contribution in [0.4, 0.5) is 4.39 Å². The van der Waals surface area contributed by atoms with Crippen LogP contribution >= 0.6 is 11.6 Å². The average Bonchev–Trinajstić information content (AvgIpc) is 2.85. The number of ether oxygens (including phenoxy) is 1. The Labute approximate surface area is 112 Å². The van der Waals surface area contributed by atoms with Gasteiger partial charge in [-0.3, -0.25) is 0 Å². The first-order valence-corrected chi connectivity index (χ1v) is 6.79. The van der Waals surface area contributed by atoms with Gasteiger partial charge in [0.2, 0.25) is 0 Å². The Morgan fingerprint density at radius 3 is 3.06 bits per heavy atom. The third-order valence-corrected chi connectivity index (χ3v) is 3.58.